The summed E-state index contributed by atoms with van der Waals surface area (Å²) in [6.07, 6.45) is 3.51. The van der Waals surface area contributed by atoms with E-state index < -0.39 is 11.4 Å². The van der Waals surface area contributed by atoms with Crippen molar-refractivity contribution in [2.75, 3.05) is 4.90 Å². The van der Waals surface area contributed by atoms with E-state index >= 15 is 0 Å². The SMILES string of the molecule is O=C(O)c1cc(Br)ccc1N1C(=O)CC2(CCCC2)C1=O. The normalized spacial score (nSPS) is 20.5. The minimum absolute atomic E-state index is 0.0406. The van der Waals surface area contributed by atoms with Crippen molar-refractivity contribution >= 4 is 39.4 Å². The van der Waals surface area contributed by atoms with Crippen molar-refractivity contribution in [2.45, 2.75) is 32.1 Å². The maximum absolute atomic E-state index is 12.7. The van der Waals surface area contributed by atoms with E-state index in [9.17, 15) is 19.5 Å². The first kappa shape index (κ1) is 14.3. The number of rotatable bonds is 2. The number of carbonyl (C=O) groups excluding carboxylic acids is 2. The van der Waals surface area contributed by atoms with Crippen molar-refractivity contribution in [2.24, 2.45) is 5.41 Å². The molecule has 2 aliphatic rings. The lowest BCUT2D eigenvalue weighted by molar-refractivity contribution is -0.125. The third-order valence-corrected chi connectivity index (χ3v) is 4.88. The number of hydrogen-bond donors (Lipinski definition) is 1. The fourth-order valence-electron chi connectivity index (χ4n) is 3.36. The zero-order valence-electron chi connectivity index (χ0n) is 11.3. The van der Waals surface area contributed by atoms with Gasteiger partial charge in [-0.15, -0.1) is 0 Å². The van der Waals surface area contributed by atoms with Crippen molar-refractivity contribution in [1.82, 2.24) is 0 Å². The number of imide groups is 1. The number of hydrogen-bond acceptors (Lipinski definition) is 3. The van der Waals surface area contributed by atoms with Gasteiger partial charge in [0.25, 0.3) is 0 Å². The molecule has 1 saturated heterocycles. The Kier molecular flexibility index (Phi) is 3.36. The van der Waals surface area contributed by atoms with Crippen LogP contribution in [-0.4, -0.2) is 22.9 Å². The van der Waals surface area contributed by atoms with Crippen molar-refractivity contribution in [3.8, 4) is 0 Å². The van der Waals surface area contributed by atoms with Gasteiger partial charge in [-0.25, -0.2) is 9.69 Å². The Bertz CT molecular complexity index is 649. The molecule has 21 heavy (non-hydrogen) atoms. The number of benzene rings is 1. The highest BCUT2D eigenvalue weighted by Gasteiger charge is 2.53. The van der Waals surface area contributed by atoms with E-state index in [2.05, 4.69) is 15.9 Å². The molecule has 0 atom stereocenters. The number of halogens is 1. The molecule has 6 heteroatoms. The van der Waals surface area contributed by atoms with Gasteiger partial charge < -0.3 is 5.11 Å². The molecule has 2 amide bonds. The van der Waals surface area contributed by atoms with Gasteiger partial charge in [-0.1, -0.05) is 28.8 Å². The highest BCUT2D eigenvalue weighted by atomic mass is 79.9. The maximum atomic E-state index is 12.7. The maximum Gasteiger partial charge on any atom is 0.337 e. The Labute approximate surface area is 130 Å². The van der Waals surface area contributed by atoms with Crippen LogP contribution < -0.4 is 4.90 Å². The monoisotopic (exact) mass is 351 g/mol. The van der Waals surface area contributed by atoms with Crippen molar-refractivity contribution in [1.29, 1.82) is 0 Å². The number of anilines is 1. The van der Waals surface area contributed by atoms with Crippen LogP contribution in [0.4, 0.5) is 5.69 Å². The smallest absolute Gasteiger partial charge is 0.337 e. The van der Waals surface area contributed by atoms with E-state index in [4.69, 9.17) is 0 Å². The lowest BCUT2D eigenvalue weighted by Gasteiger charge is -2.22. The van der Waals surface area contributed by atoms with E-state index in [0.717, 1.165) is 17.7 Å². The average molecular weight is 352 g/mol. The summed E-state index contributed by atoms with van der Waals surface area (Å²) in [7, 11) is 0. The lowest BCUT2D eigenvalue weighted by Crippen LogP contribution is -2.35. The fraction of sp³-hybridized carbons (Fsp3) is 0.400. The Morgan fingerprint density at radius 2 is 1.90 bits per heavy atom. The Morgan fingerprint density at radius 1 is 1.24 bits per heavy atom. The first-order valence-corrected chi connectivity index (χ1v) is 7.64. The topological polar surface area (TPSA) is 74.7 Å². The second-order valence-corrected chi connectivity index (χ2v) is 6.58. The van der Waals surface area contributed by atoms with Crippen LogP contribution >= 0.6 is 15.9 Å². The number of carboxylic acids is 1. The van der Waals surface area contributed by atoms with Crippen LogP contribution in [-0.2, 0) is 9.59 Å². The zero-order chi connectivity index (χ0) is 15.2. The minimum atomic E-state index is -1.15. The number of carboxylic acid groups (broad SMARTS) is 1. The minimum Gasteiger partial charge on any atom is -0.478 e. The highest BCUT2D eigenvalue weighted by Crippen LogP contribution is 2.48. The molecule has 110 valence electrons. The summed E-state index contributed by atoms with van der Waals surface area (Å²) in [4.78, 5) is 37.5. The van der Waals surface area contributed by atoms with Gasteiger partial charge in [0, 0.05) is 10.9 Å². The quantitative estimate of drug-likeness (QED) is 0.831. The van der Waals surface area contributed by atoms with Gasteiger partial charge in [0.1, 0.15) is 0 Å². The number of aromatic carboxylic acids is 1. The summed E-state index contributed by atoms with van der Waals surface area (Å²) in [6, 6.07) is 4.57. The molecule has 0 aromatic heterocycles. The van der Waals surface area contributed by atoms with Gasteiger partial charge in [-0.3, -0.25) is 9.59 Å². The Balaban J connectivity index is 2.07. The molecule has 0 radical (unpaired) electrons. The third-order valence-electron chi connectivity index (χ3n) is 4.39. The molecular weight excluding hydrogens is 338 g/mol. The third kappa shape index (κ3) is 2.18. The van der Waals surface area contributed by atoms with E-state index in [-0.39, 0.29) is 29.5 Å². The van der Waals surface area contributed by atoms with E-state index in [1.807, 2.05) is 0 Å². The van der Waals surface area contributed by atoms with Crippen molar-refractivity contribution < 1.29 is 19.5 Å². The summed E-state index contributed by atoms with van der Waals surface area (Å²) >= 11 is 3.21. The molecule has 1 aliphatic heterocycles. The zero-order valence-corrected chi connectivity index (χ0v) is 12.9. The van der Waals surface area contributed by atoms with Crippen LogP contribution in [0.2, 0.25) is 0 Å². The summed E-state index contributed by atoms with van der Waals surface area (Å²) < 4.78 is 0.596. The molecule has 1 aromatic carbocycles. The van der Waals surface area contributed by atoms with E-state index in [0.29, 0.717) is 17.3 Å². The van der Waals surface area contributed by atoms with Gasteiger partial charge in [-0.2, -0.15) is 0 Å². The van der Waals surface area contributed by atoms with Crippen LogP contribution in [0.3, 0.4) is 0 Å². The van der Waals surface area contributed by atoms with Gasteiger partial charge >= 0.3 is 5.97 Å². The molecule has 1 aromatic rings. The predicted octanol–water partition coefficient (Wildman–Crippen LogP) is 2.97. The largest absolute Gasteiger partial charge is 0.478 e. The Hall–Kier alpha value is -1.69. The van der Waals surface area contributed by atoms with E-state index in [1.165, 1.54) is 12.1 Å². The molecule has 1 spiro atoms. The molecule has 1 N–H and O–H groups in total. The molecule has 2 fully saturated rings. The van der Waals surface area contributed by atoms with Gasteiger partial charge in [0.05, 0.1) is 16.7 Å². The standard InChI is InChI=1S/C15H14BrNO4/c16-9-3-4-11(10(7-9)13(19)20)17-12(18)8-15(14(17)21)5-1-2-6-15/h3-4,7H,1-2,5-6,8H2,(H,19,20). The van der Waals surface area contributed by atoms with Crippen LogP contribution in [0.1, 0.15) is 42.5 Å². The van der Waals surface area contributed by atoms with Crippen LogP contribution in [0.25, 0.3) is 0 Å². The second kappa shape index (κ2) is 4.94. The van der Waals surface area contributed by atoms with Gasteiger partial charge in [0.15, 0.2) is 0 Å². The number of amides is 2. The van der Waals surface area contributed by atoms with Crippen LogP contribution in [0.15, 0.2) is 22.7 Å². The molecule has 1 saturated carbocycles. The van der Waals surface area contributed by atoms with Crippen molar-refractivity contribution in [3.05, 3.63) is 28.2 Å². The predicted molar refractivity (Wildman–Crippen MR) is 79.1 cm³/mol. The van der Waals surface area contributed by atoms with E-state index in [1.54, 1.807) is 6.07 Å². The average Bonchev–Trinajstić information content (AvgIpc) is 2.98. The Morgan fingerprint density at radius 3 is 2.52 bits per heavy atom. The van der Waals surface area contributed by atoms with Crippen LogP contribution in [0, 0.1) is 5.41 Å². The van der Waals surface area contributed by atoms with Gasteiger partial charge in [-0.05, 0) is 31.0 Å². The first-order valence-electron chi connectivity index (χ1n) is 6.85. The fourth-order valence-corrected chi connectivity index (χ4v) is 3.72. The number of nitrogens with zero attached hydrogens (tertiary/aromatic N) is 1. The summed E-state index contributed by atoms with van der Waals surface area (Å²) in [5.41, 5.74) is -0.467. The first-order chi connectivity index (χ1) is 9.94. The molecular formula is C15H14BrNO4. The molecule has 1 heterocycles. The van der Waals surface area contributed by atoms with Crippen LogP contribution in [0.5, 0.6) is 0 Å². The second-order valence-electron chi connectivity index (χ2n) is 5.67. The highest BCUT2D eigenvalue weighted by molar-refractivity contribution is 9.10. The lowest BCUT2D eigenvalue weighted by atomic mass is 9.84. The molecule has 1 aliphatic carbocycles. The summed E-state index contributed by atoms with van der Waals surface area (Å²) in [5.74, 6) is -1.69. The van der Waals surface area contributed by atoms with Crippen molar-refractivity contribution in [3.63, 3.8) is 0 Å². The molecule has 0 bridgehead atoms. The molecule has 0 unspecified atom stereocenters. The number of carbonyl (C=O) groups is 3. The summed E-state index contributed by atoms with van der Waals surface area (Å²) in [6.45, 7) is 0. The molecule has 3 rings (SSSR count). The molecule has 5 nitrogen and oxygen atoms in total. The summed E-state index contributed by atoms with van der Waals surface area (Å²) in [5, 5.41) is 9.31. The van der Waals surface area contributed by atoms with Gasteiger partial charge in [0.2, 0.25) is 11.8 Å².